The van der Waals surface area contributed by atoms with E-state index in [1.165, 1.54) is 11.8 Å². The minimum Gasteiger partial charge on any atom is -0.486 e. The Hall–Kier alpha value is -2.92. The average Bonchev–Trinajstić information content (AvgIpc) is 2.78. The van der Waals surface area contributed by atoms with Crippen molar-refractivity contribution in [3.05, 3.63) is 90.0 Å². The number of carbonyl (C=O) groups is 1. The first-order valence-corrected chi connectivity index (χ1v) is 10.6. The van der Waals surface area contributed by atoms with Crippen molar-refractivity contribution in [3.8, 4) is 11.5 Å². The molecule has 0 unspecified atom stereocenters. The van der Waals surface area contributed by atoms with Crippen LogP contribution >= 0.6 is 11.8 Å². The normalized spacial score (nSPS) is 13.0. The maximum atomic E-state index is 12.9. The van der Waals surface area contributed by atoms with Gasteiger partial charge in [0.15, 0.2) is 11.5 Å². The third-order valence-corrected chi connectivity index (χ3v) is 5.97. The Balaban J connectivity index is 1.49. The lowest BCUT2D eigenvalue weighted by molar-refractivity contribution is -0.120. The topological polar surface area (TPSA) is 47.6 Å². The molecule has 5 heteroatoms. The summed E-state index contributed by atoms with van der Waals surface area (Å²) < 4.78 is 11.2. The van der Waals surface area contributed by atoms with Gasteiger partial charge in [-0.15, -0.1) is 11.8 Å². The van der Waals surface area contributed by atoms with E-state index in [-0.39, 0.29) is 5.91 Å². The van der Waals surface area contributed by atoms with Gasteiger partial charge in [-0.05, 0) is 36.2 Å². The zero-order valence-corrected chi connectivity index (χ0v) is 17.1. The van der Waals surface area contributed by atoms with E-state index in [0.29, 0.717) is 19.0 Å². The quantitative estimate of drug-likeness (QED) is 0.608. The van der Waals surface area contributed by atoms with Crippen LogP contribution in [0.25, 0.3) is 0 Å². The maximum Gasteiger partial charge on any atom is 0.231 e. The van der Waals surface area contributed by atoms with Gasteiger partial charge >= 0.3 is 0 Å². The van der Waals surface area contributed by atoms with Crippen LogP contribution in [0.15, 0.2) is 83.8 Å². The summed E-state index contributed by atoms with van der Waals surface area (Å²) in [6.45, 7) is 3.16. The molecule has 29 heavy (non-hydrogen) atoms. The van der Waals surface area contributed by atoms with Crippen molar-refractivity contribution in [1.29, 1.82) is 0 Å². The van der Waals surface area contributed by atoms with Gasteiger partial charge in [-0.3, -0.25) is 4.79 Å². The minimum absolute atomic E-state index is 0.0277. The Morgan fingerprint density at radius 2 is 1.48 bits per heavy atom. The Morgan fingerprint density at radius 3 is 2.10 bits per heavy atom. The van der Waals surface area contributed by atoms with Crippen molar-refractivity contribution in [2.45, 2.75) is 17.4 Å². The van der Waals surface area contributed by atoms with Crippen LogP contribution < -0.4 is 14.8 Å². The predicted octanol–water partition coefficient (Wildman–Crippen LogP) is 4.63. The summed E-state index contributed by atoms with van der Waals surface area (Å²) in [6.07, 6.45) is 0. The number of hydrogen-bond donors (Lipinski definition) is 1. The second kappa shape index (κ2) is 8.62. The van der Waals surface area contributed by atoms with Crippen LogP contribution in [0, 0.1) is 0 Å². The summed E-state index contributed by atoms with van der Waals surface area (Å²) in [6, 6.07) is 25.9. The van der Waals surface area contributed by atoms with Gasteiger partial charge in [-0.25, -0.2) is 0 Å². The molecule has 1 heterocycles. The highest BCUT2D eigenvalue weighted by Gasteiger charge is 2.30. The van der Waals surface area contributed by atoms with E-state index in [9.17, 15) is 4.79 Å². The zero-order valence-electron chi connectivity index (χ0n) is 16.3. The summed E-state index contributed by atoms with van der Waals surface area (Å²) in [5.74, 6) is 1.78. The number of amides is 1. The molecule has 4 rings (SSSR count). The number of hydrogen-bond acceptors (Lipinski definition) is 4. The average molecular weight is 406 g/mol. The molecule has 148 valence electrons. The second-order valence-electron chi connectivity index (χ2n) is 7.00. The lowest BCUT2D eigenvalue weighted by atomic mass is 9.84. The molecule has 3 aromatic rings. The third-order valence-electron chi connectivity index (χ3n) is 4.98. The van der Waals surface area contributed by atoms with E-state index < -0.39 is 5.54 Å². The number of nitrogens with one attached hydrogen (secondary N) is 1. The third kappa shape index (κ3) is 4.40. The van der Waals surface area contributed by atoms with E-state index in [0.717, 1.165) is 27.5 Å². The van der Waals surface area contributed by atoms with Gasteiger partial charge in [0.1, 0.15) is 13.2 Å². The molecule has 3 aromatic carbocycles. The Labute approximate surface area is 175 Å². The predicted molar refractivity (Wildman–Crippen MR) is 116 cm³/mol. The van der Waals surface area contributed by atoms with E-state index in [1.54, 1.807) is 0 Å². The van der Waals surface area contributed by atoms with Gasteiger partial charge in [0.25, 0.3) is 0 Å². The lowest BCUT2D eigenvalue weighted by Crippen LogP contribution is -2.45. The Morgan fingerprint density at radius 1 is 0.897 bits per heavy atom. The summed E-state index contributed by atoms with van der Waals surface area (Å²) in [4.78, 5) is 13.9. The number of thioether (sulfide) groups is 1. The largest absolute Gasteiger partial charge is 0.486 e. The molecule has 0 spiro atoms. The molecule has 0 aromatic heterocycles. The molecule has 0 saturated carbocycles. The summed E-state index contributed by atoms with van der Waals surface area (Å²) in [5.41, 5.74) is 1.49. The van der Waals surface area contributed by atoms with E-state index in [1.807, 2.05) is 85.8 Å². The minimum atomic E-state index is -0.604. The van der Waals surface area contributed by atoms with Gasteiger partial charge in [-0.1, -0.05) is 60.7 Å². The number of ether oxygens (including phenoxy) is 2. The highest BCUT2D eigenvalue weighted by Crippen LogP contribution is 2.34. The summed E-state index contributed by atoms with van der Waals surface area (Å²) >= 11 is 1.48. The van der Waals surface area contributed by atoms with Crippen LogP contribution in [-0.4, -0.2) is 24.9 Å². The first-order valence-electron chi connectivity index (χ1n) is 9.60. The second-order valence-corrected chi connectivity index (χ2v) is 8.05. The zero-order chi connectivity index (χ0) is 20.1. The van der Waals surface area contributed by atoms with E-state index >= 15 is 0 Å². The van der Waals surface area contributed by atoms with Gasteiger partial charge in [0, 0.05) is 4.90 Å². The van der Waals surface area contributed by atoms with Crippen LogP contribution in [0.1, 0.15) is 18.1 Å². The first kappa shape index (κ1) is 19.4. The Kier molecular flexibility index (Phi) is 5.76. The van der Waals surface area contributed by atoms with Crippen LogP contribution in [0.4, 0.5) is 0 Å². The molecule has 1 aliphatic rings. The summed E-state index contributed by atoms with van der Waals surface area (Å²) in [5, 5.41) is 3.24. The number of rotatable bonds is 6. The van der Waals surface area contributed by atoms with E-state index in [4.69, 9.17) is 9.47 Å². The van der Waals surface area contributed by atoms with Gasteiger partial charge in [-0.2, -0.15) is 0 Å². The van der Waals surface area contributed by atoms with Gasteiger partial charge in [0.2, 0.25) is 5.91 Å². The van der Waals surface area contributed by atoms with Crippen molar-refractivity contribution in [2.24, 2.45) is 0 Å². The number of fused-ring (bicyclic) bond motifs is 1. The Bertz CT molecular complexity index is 936. The fraction of sp³-hybridized carbons (Fsp3) is 0.208. The SMILES string of the molecule is CC(NC(=O)CSc1ccc2c(c1)OCCO2)(c1ccccc1)c1ccccc1. The van der Waals surface area contributed by atoms with Crippen molar-refractivity contribution in [1.82, 2.24) is 5.32 Å². The molecule has 0 aliphatic carbocycles. The molecule has 4 nitrogen and oxygen atoms in total. The molecule has 0 atom stereocenters. The monoisotopic (exact) mass is 405 g/mol. The summed E-state index contributed by atoms with van der Waals surface area (Å²) in [7, 11) is 0. The fourth-order valence-electron chi connectivity index (χ4n) is 3.43. The number of carbonyl (C=O) groups excluding carboxylic acids is 1. The van der Waals surface area contributed by atoms with Crippen molar-refractivity contribution < 1.29 is 14.3 Å². The van der Waals surface area contributed by atoms with Crippen molar-refractivity contribution in [3.63, 3.8) is 0 Å². The molecular weight excluding hydrogens is 382 g/mol. The van der Waals surface area contributed by atoms with Crippen LogP contribution in [0.5, 0.6) is 11.5 Å². The lowest BCUT2D eigenvalue weighted by Gasteiger charge is -2.32. The van der Waals surface area contributed by atoms with Gasteiger partial charge < -0.3 is 14.8 Å². The smallest absolute Gasteiger partial charge is 0.231 e. The fourth-order valence-corrected chi connectivity index (χ4v) is 4.16. The molecule has 0 radical (unpaired) electrons. The molecule has 1 aliphatic heterocycles. The maximum absolute atomic E-state index is 12.9. The van der Waals surface area contributed by atoms with Gasteiger partial charge in [0.05, 0.1) is 11.3 Å². The molecule has 1 N–H and O–H groups in total. The van der Waals surface area contributed by atoms with Crippen molar-refractivity contribution in [2.75, 3.05) is 19.0 Å². The first-order chi connectivity index (χ1) is 14.1. The molecule has 0 fully saturated rings. The highest BCUT2D eigenvalue weighted by molar-refractivity contribution is 8.00. The molecule has 0 saturated heterocycles. The number of benzene rings is 3. The molecule has 1 amide bonds. The van der Waals surface area contributed by atoms with Crippen molar-refractivity contribution >= 4 is 17.7 Å². The van der Waals surface area contributed by atoms with Crippen LogP contribution in [0.3, 0.4) is 0 Å². The van der Waals surface area contributed by atoms with Crippen LogP contribution in [0.2, 0.25) is 0 Å². The highest BCUT2D eigenvalue weighted by atomic mass is 32.2. The standard InChI is InChI=1S/C24H23NO3S/c1-24(18-8-4-2-5-9-18,19-10-6-3-7-11-19)25-23(26)17-29-20-12-13-21-22(16-20)28-15-14-27-21/h2-13,16H,14-15,17H2,1H3,(H,25,26). The molecular formula is C24H23NO3S. The molecule has 0 bridgehead atoms. The van der Waals surface area contributed by atoms with E-state index in [2.05, 4.69) is 5.32 Å². The van der Waals surface area contributed by atoms with Crippen LogP contribution in [-0.2, 0) is 10.3 Å².